The van der Waals surface area contributed by atoms with Gasteiger partial charge in [-0.2, -0.15) is 5.10 Å². The van der Waals surface area contributed by atoms with E-state index in [0.29, 0.717) is 17.3 Å². The Morgan fingerprint density at radius 1 is 1.34 bits per heavy atom. The van der Waals surface area contributed by atoms with E-state index >= 15 is 0 Å². The van der Waals surface area contributed by atoms with E-state index in [1.54, 1.807) is 10.6 Å². The molecule has 1 saturated carbocycles. The Bertz CT molecular complexity index is 934. The summed E-state index contributed by atoms with van der Waals surface area (Å²) in [5.41, 5.74) is 7.08. The number of imidazole rings is 1. The number of nitrogens with two attached hydrogens (primary N) is 1. The fourth-order valence-corrected chi connectivity index (χ4v) is 4.83. The first-order chi connectivity index (χ1) is 13.8. The highest BCUT2D eigenvalue weighted by molar-refractivity contribution is 6.04. The van der Waals surface area contributed by atoms with Crippen LogP contribution in [0.25, 0.3) is 5.65 Å². The van der Waals surface area contributed by atoms with Crippen molar-refractivity contribution < 1.29 is 14.7 Å². The lowest BCUT2D eigenvalue weighted by Crippen LogP contribution is -2.41. The highest BCUT2D eigenvalue weighted by Gasteiger charge is 2.52. The number of nitrogens with one attached hydrogen (secondary N) is 1. The van der Waals surface area contributed by atoms with Gasteiger partial charge in [0.2, 0.25) is 5.91 Å². The fourth-order valence-electron chi connectivity index (χ4n) is 4.83. The van der Waals surface area contributed by atoms with Gasteiger partial charge in [0.25, 0.3) is 0 Å². The summed E-state index contributed by atoms with van der Waals surface area (Å²) < 4.78 is 1.65. The minimum atomic E-state index is -1.47. The van der Waals surface area contributed by atoms with Crippen molar-refractivity contribution >= 4 is 17.5 Å². The molecule has 29 heavy (non-hydrogen) atoms. The lowest BCUT2D eigenvalue weighted by molar-refractivity contribution is -0.153. The molecular formula is C21H29N5O3. The van der Waals surface area contributed by atoms with Crippen molar-refractivity contribution in [3.63, 3.8) is 0 Å². The SMILES string of the molecule is CC1CCC([C@H](N)c2cn3nc(C[C@@]4(C(=O)O)C[C@@H](C)NC4=O)ccc3n2)CC1. The number of rotatable bonds is 5. The molecule has 8 heteroatoms. The minimum absolute atomic E-state index is 0.0501. The maximum Gasteiger partial charge on any atom is 0.319 e. The quantitative estimate of drug-likeness (QED) is 0.662. The predicted molar refractivity (Wildman–Crippen MR) is 107 cm³/mol. The Labute approximate surface area is 169 Å². The highest BCUT2D eigenvalue weighted by atomic mass is 16.4. The molecule has 2 aromatic heterocycles. The van der Waals surface area contributed by atoms with Crippen LogP contribution >= 0.6 is 0 Å². The summed E-state index contributed by atoms with van der Waals surface area (Å²) in [7, 11) is 0. The zero-order chi connectivity index (χ0) is 20.8. The van der Waals surface area contributed by atoms with E-state index in [2.05, 4.69) is 22.3 Å². The van der Waals surface area contributed by atoms with Crippen LogP contribution in [0.1, 0.15) is 63.4 Å². The van der Waals surface area contributed by atoms with Crippen LogP contribution in [-0.2, 0) is 16.0 Å². The molecule has 156 valence electrons. The van der Waals surface area contributed by atoms with Crippen molar-refractivity contribution in [3.05, 3.63) is 29.7 Å². The van der Waals surface area contributed by atoms with Crippen molar-refractivity contribution in [2.75, 3.05) is 0 Å². The average molecular weight is 399 g/mol. The van der Waals surface area contributed by atoms with E-state index in [0.717, 1.165) is 24.5 Å². The molecule has 2 fully saturated rings. The van der Waals surface area contributed by atoms with Crippen molar-refractivity contribution in [1.82, 2.24) is 19.9 Å². The number of nitrogens with zero attached hydrogens (tertiary/aromatic N) is 3. The summed E-state index contributed by atoms with van der Waals surface area (Å²) in [6.45, 7) is 4.10. The van der Waals surface area contributed by atoms with Crippen LogP contribution in [-0.4, -0.2) is 37.6 Å². The summed E-state index contributed by atoms with van der Waals surface area (Å²) in [5.74, 6) is -0.365. The Kier molecular flexibility index (Phi) is 5.06. The lowest BCUT2D eigenvalue weighted by Gasteiger charge is -2.29. The van der Waals surface area contributed by atoms with Gasteiger partial charge in [-0.25, -0.2) is 9.50 Å². The number of hydrogen-bond acceptors (Lipinski definition) is 5. The summed E-state index contributed by atoms with van der Waals surface area (Å²) >= 11 is 0. The number of carbonyl (C=O) groups is 2. The summed E-state index contributed by atoms with van der Waals surface area (Å²) in [6, 6.07) is 3.27. The van der Waals surface area contributed by atoms with Gasteiger partial charge < -0.3 is 16.2 Å². The number of amides is 1. The zero-order valence-electron chi connectivity index (χ0n) is 17.0. The van der Waals surface area contributed by atoms with Crippen LogP contribution in [0.4, 0.5) is 0 Å². The largest absolute Gasteiger partial charge is 0.480 e. The molecule has 0 radical (unpaired) electrons. The van der Waals surface area contributed by atoms with Gasteiger partial charge in [-0.15, -0.1) is 0 Å². The van der Waals surface area contributed by atoms with E-state index in [1.807, 2.05) is 19.2 Å². The van der Waals surface area contributed by atoms with E-state index in [9.17, 15) is 14.7 Å². The second kappa shape index (κ2) is 7.40. The molecule has 3 atom stereocenters. The minimum Gasteiger partial charge on any atom is -0.480 e. The molecule has 2 aliphatic rings. The fraction of sp³-hybridized carbons (Fsp3) is 0.619. The van der Waals surface area contributed by atoms with Crippen molar-refractivity contribution in [3.8, 4) is 0 Å². The highest BCUT2D eigenvalue weighted by Crippen LogP contribution is 2.36. The van der Waals surface area contributed by atoms with E-state index in [1.165, 1.54) is 12.8 Å². The molecular weight excluding hydrogens is 370 g/mol. The van der Waals surface area contributed by atoms with Crippen LogP contribution in [0.3, 0.4) is 0 Å². The Balaban J connectivity index is 1.57. The molecule has 1 aliphatic heterocycles. The maximum atomic E-state index is 12.4. The molecule has 0 spiro atoms. The molecule has 0 aromatic carbocycles. The standard InChI is InChI=1S/C21H29N5O3/c1-12-3-5-14(6-4-12)18(22)16-11-26-17(24-16)8-7-15(25-26)10-21(20(28)29)9-13(2)23-19(21)27/h7-8,11-14,18H,3-6,9-10,22H2,1-2H3,(H,23,27)(H,28,29)/t12?,13-,14?,18+,21+/m1/s1. The topological polar surface area (TPSA) is 123 Å². The van der Waals surface area contributed by atoms with Crippen molar-refractivity contribution in [2.45, 2.75) is 64.5 Å². The number of hydrogen-bond donors (Lipinski definition) is 3. The van der Waals surface area contributed by atoms with E-state index in [-0.39, 0.29) is 24.9 Å². The second-order valence-corrected chi connectivity index (χ2v) is 8.98. The Hall–Kier alpha value is -2.48. The molecule has 3 heterocycles. The molecule has 0 bridgehead atoms. The molecule has 1 amide bonds. The third kappa shape index (κ3) is 3.61. The van der Waals surface area contributed by atoms with Crippen LogP contribution < -0.4 is 11.1 Å². The molecule has 8 nitrogen and oxygen atoms in total. The third-order valence-corrected chi connectivity index (χ3v) is 6.66. The molecule has 1 saturated heterocycles. The third-order valence-electron chi connectivity index (χ3n) is 6.66. The Morgan fingerprint density at radius 2 is 2.07 bits per heavy atom. The first kappa shape index (κ1) is 19.8. The average Bonchev–Trinajstić information content (AvgIpc) is 3.22. The van der Waals surface area contributed by atoms with Gasteiger partial charge in [-0.05, 0) is 50.2 Å². The van der Waals surface area contributed by atoms with Gasteiger partial charge in [0, 0.05) is 12.5 Å². The smallest absolute Gasteiger partial charge is 0.319 e. The molecule has 2 aromatic rings. The van der Waals surface area contributed by atoms with Gasteiger partial charge in [0.1, 0.15) is 0 Å². The number of carboxylic acids is 1. The van der Waals surface area contributed by atoms with Gasteiger partial charge in [-0.3, -0.25) is 9.59 Å². The van der Waals surface area contributed by atoms with Crippen LogP contribution in [0.2, 0.25) is 0 Å². The van der Waals surface area contributed by atoms with E-state index in [4.69, 9.17) is 5.73 Å². The molecule has 4 rings (SSSR count). The monoisotopic (exact) mass is 399 g/mol. The Morgan fingerprint density at radius 3 is 2.69 bits per heavy atom. The molecule has 1 aliphatic carbocycles. The second-order valence-electron chi connectivity index (χ2n) is 8.98. The van der Waals surface area contributed by atoms with E-state index < -0.39 is 17.3 Å². The predicted octanol–water partition coefficient (Wildman–Crippen LogP) is 2.08. The van der Waals surface area contributed by atoms with Crippen molar-refractivity contribution in [1.29, 1.82) is 0 Å². The summed E-state index contributed by atoms with van der Waals surface area (Å²) in [5, 5.41) is 17.0. The van der Waals surface area contributed by atoms with Gasteiger partial charge in [-0.1, -0.05) is 19.8 Å². The van der Waals surface area contributed by atoms with Gasteiger partial charge >= 0.3 is 5.97 Å². The van der Waals surface area contributed by atoms with Gasteiger partial charge in [0.15, 0.2) is 11.1 Å². The van der Waals surface area contributed by atoms with Crippen LogP contribution in [0.15, 0.2) is 18.3 Å². The summed E-state index contributed by atoms with van der Waals surface area (Å²) in [4.78, 5) is 28.9. The van der Waals surface area contributed by atoms with Crippen LogP contribution in [0.5, 0.6) is 0 Å². The first-order valence-electron chi connectivity index (χ1n) is 10.4. The van der Waals surface area contributed by atoms with Crippen molar-refractivity contribution in [2.24, 2.45) is 23.0 Å². The normalized spacial score (nSPS) is 31.0. The number of aromatic nitrogens is 3. The maximum absolute atomic E-state index is 12.4. The first-order valence-corrected chi connectivity index (χ1v) is 10.4. The number of fused-ring (bicyclic) bond motifs is 1. The lowest BCUT2D eigenvalue weighted by atomic mass is 9.79. The summed E-state index contributed by atoms with van der Waals surface area (Å²) in [6.07, 6.45) is 6.77. The zero-order valence-corrected chi connectivity index (χ0v) is 17.0. The number of aliphatic carboxylic acids is 1. The van der Waals surface area contributed by atoms with Gasteiger partial charge in [0.05, 0.1) is 23.6 Å². The molecule has 0 unspecified atom stereocenters. The molecule has 4 N–H and O–H groups in total. The van der Waals surface area contributed by atoms with Crippen LogP contribution in [0, 0.1) is 17.3 Å². The number of carboxylic acid groups (broad SMARTS) is 1. The number of carbonyl (C=O) groups excluding carboxylic acids is 1.